The smallest absolute Gasteiger partial charge is 0.332 e. The van der Waals surface area contributed by atoms with Gasteiger partial charge in [0.15, 0.2) is 6.73 Å². The molecule has 0 aromatic carbocycles. The van der Waals surface area contributed by atoms with Crippen molar-refractivity contribution in [3.63, 3.8) is 0 Å². The molecule has 0 saturated carbocycles. The summed E-state index contributed by atoms with van der Waals surface area (Å²) in [5, 5.41) is 8.23. The minimum absolute atomic E-state index is 0.0509. The minimum Gasteiger partial charge on any atom is -0.478 e. The van der Waals surface area contributed by atoms with Gasteiger partial charge in [-0.1, -0.05) is 0 Å². The fourth-order valence-electron chi connectivity index (χ4n) is 1.17. The van der Waals surface area contributed by atoms with E-state index in [2.05, 4.69) is 4.74 Å². The van der Waals surface area contributed by atoms with Crippen LogP contribution in [-0.4, -0.2) is 41.1 Å². The van der Waals surface area contributed by atoms with E-state index in [-0.39, 0.29) is 12.6 Å². The zero-order valence-electron chi connectivity index (χ0n) is 8.01. The molecular weight excluding hydrogens is 202 g/mol. The van der Waals surface area contributed by atoms with E-state index < -0.39 is 11.9 Å². The lowest BCUT2D eigenvalue weighted by Gasteiger charge is -2.14. The van der Waals surface area contributed by atoms with E-state index in [9.17, 15) is 14.4 Å². The normalized spacial score (nSPS) is 16.0. The summed E-state index contributed by atoms with van der Waals surface area (Å²) in [6.07, 6.45) is 2.74. The Morgan fingerprint density at radius 3 is 2.73 bits per heavy atom. The van der Waals surface area contributed by atoms with Crippen molar-refractivity contribution in [3.05, 3.63) is 12.2 Å². The van der Waals surface area contributed by atoms with E-state index in [0.717, 1.165) is 12.5 Å². The van der Waals surface area contributed by atoms with Crippen molar-refractivity contribution in [2.75, 3.05) is 13.3 Å². The predicted octanol–water partition coefficient (Wildman–Crippen LogP) is -0.250. The Labute approximate surface area is 86.1 Å². The van der Waals surface area contributed by atoms with E-state index in [0.29, 0.717) is 19.0 Å². The zero-order chi connectivity index (χ0) is 11.3. The Morgan fingerprint density at radius 2 is 2.20 bits per heavy atom. The summed E-state index contributed by atoms with van der Waals surface area (Å²) < 4.78 is 4.66. The average Bonchev–Trinajstić information content (AvgIpc) is 2.58. The number of carbonyl (C=O) groups excluding carboxylic acids is 2. The zero-order valence-corrected chi connectivity index (χ0v) is 8.01. The second-order valence-corrected chi connectivity index (χ2v) is 3.02. The van der Waals surface area contributed by atoms with Crippen LogP contribution in [0.15, 0.2) is 12.2 Å². The monoisotopic (exact) mass is 213 g/mol. The van der Waals surface area contributed by atoms with Crippen LogP contribution in [0.1, 0.15) is 12.8 Å². The van der Waals surface area contributed by atoms with Crippen LogP contribution in [0.4, 0.5) is 0 Å². The third-order valence-electron chi connectivity index (χ3n) is 1.90. The first-order valence-corrected chi connectivity index (χ1v) is 4.45. The second-order valence-electron chi connectivity index (χ2n) is 3.02. The van der Waals surface area contributed by atoms with Gasteiger partial charge in [0.1, 0.15) is 0 Å². The minimum atomic E-state index is -1.22. The molecule has 1 aliphatic heterocycles. The molecule has 0 unspecified atom stereocenters. The van der Waals surface area contributed by atoms with Crippen molar-refractivity contribution in [3.8, 4) is 0 Å². The molecule has 0 radical (unpaired) electrons. The summed E-state index contributed by atoms with van der Waals surface area (Å²) in [5.74, 6) is -2.04. The molecule has 1 N–H and O–H groups in total. The van der Waals surface area contributed by atoms with E-state index in [1.165, 1.54) is 4.90 Å². The Kier molecular flexibility index (Phi) is 3.84. The van der Waals surface area contributed by atoms with E-state index in [1.54, 1.807) is 0 Å². The van der Waals surface area contributed by atoms with Gasteiger partial charge in [0, 0.05) is 25.1 Å². The van der Waals surface area contributed by atoms with Gasteiger partial charge in [-0.25, -0.2) is 9.59 Å². The molecule has 1 fully saturated rings. The quantitative estimate of drug-likeness (QED) is 0.514. The Hall–Kier alpha value is -1.85. The number of amides is 1. The summed E-state index contributed by atoms with van der Waals surface area (Å²) >= 11 is 0. The molecule has 6 nitrogen and oxygen atoms in total. The molecule has 0 bridgehead atoms. The molecule has 0 spiro atoms. The molecule has 0 aromatic rings. The SMILES string of the molecule is O=C(O)/C=C/C(=O)OCN1CCCC1=O. The first kappa shape index (κ1) is 11.2. The molecule has 82 valence electrons. The van der Waals surface area contributed by atoms with Gasteiger partial charge in [0.25, 0.3) is 0 Å². The molecule has 6 heteroatoms. The van der Waals surface area contributed by atoms with Crippen molar-refractivity contribution in [2.24, 2.45) is 0 Å². The molecule has 0 aliphatic carbocycles. The van der Waals surface area contributed by atoms with Crippen LogP contribution in [0.3, 0.4) is 0 Å². The number of rotatable bonds is 4. The molecule has 1 rings (SSSR count). The summed E-state index contributed by atoms with van der Waals surface area (Å²) in [7, 11) is 0. The van der Waals surface area contributed by atoms with Gasteiger partial charge >= 0.3 is 11.9 Å². The van der Waals surface area contributed by atoms with E-state index in [1.807, 2.05) is 0 Å². The summed E-state index contributed by atoms with van der Waals surface area (Å²) in [6, 6.07) is 0. The van der Waals surface area contributed by atoms with Crippen LogP contribution in [0.2, 0.25) is 0 Å². The Bertz CT molecular complexity index is 310. The number of esters is 1. The number of hydrogen-bond acceptors (Lipinski definition) is 4. The van der Waals surface area contributed by atoms with Crippen LogP contribution >= 0.6 is 0 Å². The molecule has 15 heavy (non-hydrogen) atoms. The molecule has 0 aromatic heterocycles. The highest BCUT2D eigenvalue weighted by molar-refractivity contribution is 5.90. The lowest BCUT2D eigenvalue weighted by molar-refractivity contribution is -0.146. The van der Waals surface area contributed by atoms with Crippen LogP contribution in [0, 0.1) is 0 Å². The van der Waals surface area contributed by atoms with Crippen LogP contribution in [0.25, 0.3) is 0 Å². The lowest BCUT2D eigenvalue weighted by Crippen LogP contribution is -2.28. The third kappa shape index (κ3) is 3.80. The lowest BCUT2D eigenvalue weighted by atomic mass is 10.4. The topological polar surface area (TPSA) is 83.9 Å². The second kappa shape index (κ2) is 5.14. The number of ether oxygens (including phenoxy) is 1. The highest BCUT2D eigenvalue weighted by Gasteiger charge is 2.20. The number of aliphatic carboxylic acids is 1. The van der Waals surface area contributed by atoms with Gasteiger partial charge in [0.05, 0.1) is 0 Å². The number of nitrogens with zero attached hydrogens (tertiary/aromatic N) is 1. The van der Waals surface area contributed by atoms with Gasteiger partial charge in [-0.15, -0.1) is 0 Å². The number of carboxylic acid groups (broad SMARTS) is 1. The summed E-state index contributed by atoms with van der Waals surface area (Å²) in [4.78, 5) is 33.4. The van der Waals surface area contributed by atoms with Crippen LogP contribution < -0.4 is 0 Å². The van der Waals surface area contributed by atoms with Crippen molar-refractivity contribution in [2.45, 2.75) is 12.8 Å². The molecule has 1 saturated heterocycles. The Morgan fingerprint density at radius 1 is 1.47 bits per heavy atom. The van der Waals surface area contributed by atoms with Crippen molar-refractivity contribution < 1.29 is 24.2 Å². The number of hydrogen-bond donors (Lipinski definition) is 1. The largest absolute Gasteiger partial charge is 0.478 e. The first-order chi connectivity index (χ1) is 7.09. The van der Waals surface area contributed by atoms with Crippen LogP contribution in [-0.2, 0) is 19.1 Å². The van der Waals surface area contributed by atoms with Crippen molar-refractivity contribution in [1.29, 1.82) is 0 Å². The molecule has 1 heterocycles. The van der Waals surface area contributed by atoms with Crippen molar-refractivity contribution in [1.82, 2.24) is 4.90 Å². The molecular formula is C9H11NO5. The third-order valence-corrected chi connectivity index (χ3v) is 1.90. The number of likely N-dealkylation sites (tertiary alicyclic amines) is 1. The standard InChI is InChI=1S/C9H11NO5/c11-7-2-1-5-10(7)6-15-9(14)4-3-8(12)13/h3-4H,1-2,5-6H2,(H,12,13)/b4-3+. The predicted molar refractivity (Wildman–Crippen MR) is 48.7 cm³/mol. The van der Waals surface area contributed by atoms with Crippen LogP contribution in [0.5, 0.6) is 0 Å². The fourth-order valence-corrected chi connectivity index (χ4v) is 1.17. The summed E-state index contributed by atoms with van der Waals surface area (Å²) in [6.45, 7) is 0.469. The van der Waals surface area contributed by atoms with E-state index >= 15 is 0 Å². The first-order valence-electron chi connectivity index (χ1n) is 4.45. The average molecular weight is 213 g/mol. The maximum Gasteiger partial charge on any atom is 0.332 e. The highest BCUT2D eigenvalue weighted by atomic mass is 16.5. The number of carboxylic acids is 1. The van der Waals surface area contributed by atoms with Gasteiger partial charge in [-0.3, -0.25) is 4.79 Å². The fraction of sp³-hybridized carbons (Fsp3) is 0.444. The maximum atomic E-state index is 11.1. The van der Waals surface area contributed by atoms with E-state index in [4.69, 9.17) is 5.11 Å². The Balaban J connectivity index is 2.27. The molecule has 0 atom stereocenters. The van der Waals surface area contributed by atoms with Gasteiger partial charge in [-0.2, -0.15) is 0 Å². The van der Waals surface area contributed by atoms with Gasteiger partial charge in [0.2, 0.25) is 5.91 Å². The maximum absolute atomic E-state index is 11.1. The van der Waals surface area contributed by atoms with Gasteiger partial charge in [-0.05, 0) is 6.42 Å². The summed E-state index contributed by atoms with van der Waals surface area (Å²) in [5.41, 5.74) is 0. The van der Waals surface area contributed by atoms with Gasteiger partial charge < -0.3 is 14.7 Å². The number of carbonyl (C=O) groups is 3. The molecule has 1 amide bonds. The molecule has 1 aliphatic rings. The highest BCUT2D eigenvalue weighted by Crippen LogP contribution is 2.08. The van der Waals surface area contributed by atoms with Crippen molar-refractivity contribution >= 4 is 17.8 Å².